The van der Waals surface area contributed by atoms with E-state index >= 15 is 0 Å². The Morgan fingerprint density at radius 3 is 2.26 bits per heavy atom. The van der Waals surface area contributed by atoms with Crippen molar-refractivity contribution in [3.63, 3.8) is 0 Å². The van der Waals surface area contributed by atoms with Crippen molar-refractivity contribution < 1.29 is 23.8 Å². The second-order valence-electron chi connectivity index (χ2n) is 11.4. The Morgan fingerprint density at radius 2 is 1.60 bits per heavy atom. The van der Waals surface area contributed by atoms with Gasteiger partial charge in [-0.3, -0.25) is 9.88 Å². The van der Waals surface area contributed by atoms with Crippen LogP contribution in [-0.2, 0) is 17.8 Å². The van der Waals surface area contributed by atoms with Gasteiger partial charge in [-0.1, -0.05) is 48.5 Å². The number of amides is 2. The second-order valence-corrected chi connectivity index (χ2v) is 11.4. The molecule has 0 aliphatic heterocycles. The topological polar surface area (TPSA) is 90.0 Å². The number of ether oxygens (including phenoxy) is 3. The van der Waals surface area contributed by atoms with E-state index in [1.807, 2.05) is 108 Å². The SMILES string of the molecule is COc1c(C)cnc(CNC(=O)Oc2cc(C)cc(-c3ccc(N(Cc4ccccc4)C(=O)OC(C)(C)C)cc3)c2)c1C. The number of hydrogen-bond donors (Lipinski definition) is 1. The third-order valence-corrected chi connectivity index (χ3v) is 6.72. The molecule has 0 atom stereocenters. The van der Waals surface area contributed by atoms with Crippen LogP contribution in [-0.4, -0.2) is 29.9 Å². The Hall–Kier alpha value is -4.85. The molecular weight excluding hydrogens is 542 g/mol. The van der Waals surface area contributed by atoms with Gasteiger partial charge in [0.15, 0.2) is 0 Å². The highest BCUT2D eigenvalue weighted by atomic mass is 16.6. The lowest BCUT2D eigenvalue weighted by Gasteiger charge is -2.27. The molecule has 43 heavy (non-hydrogen) atoms. The van der Waals surface area contributed by atoms with Crippen molar-refractivity contribution in [3.8, 4) is 22.6 Å². The summed E-state index contributed by atoms with van der Waals surface area (Å²) < 4.78 is 16.8. The fourth-order valence-electron chi connectivity index (χ4n) is 4.70. The van der Waals surface area contributed by atoms with Gasteiger partial charge in [-0.25, -0.2) is 9.59 Å². The number of benzene rings is 3. The Kier molecular flexibility index (Phi) is 9.70. The first kappa shape index (κ1) is 31.1. The molecule has 2 amide bonds. The number of nitrogens with one attached hydrogen (secondary N) is 1. The van der Waals surface area contributed by atoms with Gasteiger partial charge in [0.1, 0.15) is 17.1 Å². The van der Waals surface area contributed by atoms with Crippen molar-refractivity contribution in [2.45, 2.75) is 60.2 Å². The minimum Gasteiger partial charge on any atom is -0.496 e. The maximum atomic E-state index is 13.2. The first-order valence-corrected chi connectivity index (χ1v) is 14.1. The molecule has 0 spiro atoms. The van der Waals surface area contributed by atoms with E-state index in [-0.39, 0.29) is 6.54 Å². The maximum Gasteiger partial charge on any atom is 0.415 e. The third-order valence-electron chi connectivity index (χ3n) is 6.72. The van der Waals surface area contributed by atoms with Crippen LogP contribution in [0.4, 0.5) is 15.3 Å². The van der Waals surface area contributed by atoms with E-state index in [1.165, 1.54) is 0 Å². The summed E-state index contributed by atoms with van der Waals surface area (Å²) in [7, 11) is 1.62. The number of carbonyl (C=O) groups is 2. The van der Waals surface area contributed by atoms with Gasteiger partial charge in [0.25, 0.3) is 0 Å². The number of carbonyl (C=O) groups excluding carboxylic acids is 2. The molecule has 0 unspecified atom stereocenters. The van der Waals surface area contributed by atoms with Gasteiger partial charge in [0.2, 0.25) is 0 Å². The van der Waals surface area contributed by atoms with Crippen LogP contribution in [0, 0.1) is 20.8 Å². The quantitative estimate of drug-likeness (QED) is 0.227. The summed E-state index contributed by atoms with van der Waals surface area (Å²) in [6.45, 7) is 11.9. The molecule has 0 saturated heterocycles. The average Bonchev–Trinajstić information content (AvgIpc) is 2.95. The number of hydrogen-bond acceptors (Lipinski definition) is 6. The Labute approximate surface area is 253 Å². The summed E-state index contributed by atoms with van der Waals surface area (Å²) in [5, 5.41) is 2.78. The average molecular weight is 582 g/mol. The normalized spacial score (nSPS) is 11.0. The first-order chi connectivity index (χ1) is 20.4. The van der Waals surface area contributed by atoms with Gasteiger partial charge in [-0.2, -0.15) is 0 Å². The van der Waals surface area contributed by atoms with E-state index < -0.39 is 17.8 Å². The van der Waals surface area contributed by atoms with Crippen molar-refractivity contribution in [1.29, 1.82) is 0 Å². The van der Waals surface area contributed by atoms with Crippen molar-refractivity contribution in [2.75, 3.05) is 12.0 Å². The van der Waals surface area contributed by atoms with Gasteiger partial charge in [0, 0.05) is 23.0 Å². The second kappa shape index (κ2) is 13.4. The molecule has 0 aliphatic rings. The fraction of sp³-hybridized carbons (Fsp3) is 0.286. The standard InChI is InChI=1S/C35H39N3O5/c1-23-17-28(19-30(18-23)42-33(39)37-21-31-25(3)32(41-7)24(2)20-36-31)27-13-15-29(16-14-27)38(34(40)43-35(4,5)6)22-26-11-9-8-10-12-26/h8-20H,21-22H2,1-7H3,(H,37,39). The predicted octanol–water partition coefficient (Wildman–Crippen LogP) is 7.91. The van der Waals surface area contributed by atoms with E-state index in [0.717, 1.165) is 39.1 Å². The van der Waals surface area contributed by atoms with E-state index in [4.69, 9.17) is 14.2 Å². The number of aryl methyl sites for hydroxylation is 2. The molecule has 224 valence electrons. The van der Waals surface area contributed by atoms with Gasteiger partial charge in [-0.15, -0.1) is 0 Å². The highest BCUT2D eigenvalue weighted by Gasteiger charge is 2.24. The summed E-state index contributed by atoms with van der Waals surface area (Å²) in [5.74, 6) is 1.17. The lowest BCUT2D eigenvalue weighted by atomic mass is 10.0. The van der Waals surface area contributed by atoms with Gasteiger partial charge in [-0.05, 0) is 88.1 Å². The Morgan fingerprint density at radius 1 is 0.907 bits per heavy atom. The highest BCUT2D eigenvalue weighted by molar-refractivity contribution is 5.88. The van der Waals surface area contributed by atoms with E-state index in [0.29, 0.717) is 23.7 Å². The van der Waals surface area contributed by atoms with E-state index in [1.54, 1.807) is 24.3 Å². The van der Waals surface area contributed by atoms with Crippen molar-refractivity contribution in [2.24, 2.45) is 0 Å². The molecule has 8 nitrogen and oxygen atoms in total. The molecule has 0 aliphatic carbocycles. The smallest absolute Gasteiger partial charge is 0.415 e. The van der Waals surface area contributed by atoms with Gasteiger partial charge in [0.05, 0.1) is 25.9 Å². The number of aromatic nitrogens is 1. The minimum atomic E-state index is -0.626. The van der Waals surface area contributed by atoms with Crippen LogP contribution in [0.25, 0.3) is 11.1 Å². The number of anilines is 1. The lowest BCUT2D eigenvalue weighted by molar-refractivity contribution is 0.0577. The molecule has 0 radical (unpaired) electrons. The molecule has 1 N–H and O–H groups in total. The van der Waals surface area contributed by atoms with Crippen LogP contribution in [0.2, 0.25) is 0 Å². The van der Waals surface area contributed by atoms with E-state index in [9.17, 15) is 9.59 Å². The van der Waals surface area contributed by atoms with Crippen molar-refractivity contribution in [1.82, 2.24) is 10.3 Å². The van der Waals surface area contributed by atoms with Crippen LogP contribution in [0.5, 0.6) is 11.5 Å². The van der Waals surface area contributed by atoms with Crippen LogP contribution in [0.15, 0.2) is 79.0 Å². The van der Waals surface area contributed by atoms with Crippen molar-refractivity contribution in [3.05, 3.63) is 107 Å². The third kappa shape index (κ3) is 8.35. The maximum absolute atomic E-state index is 13.2. The van der Waals surface area contributed by atoms with Crippen LogP contribution in [0.3, 0.4) is 0 Å². The predicted molar refractivity (Wildman–Crippen MR) is 169 cm³/mol. The summed E-state index contributed by atoms with van der Waals surface area (Å²) >= 11 is 0. The summed E-state index contributed by atoms with van der Waals surface area (Å²) in [6, 6.07) is 23.1. The summed E-state index contributed by atoms with van der Waals surface area (Å²) in [4.78, 5) is 31.9. The zero-order chi connectivity index (χ0) is 31.1. The number of nitrogens with zero attached hydrogens (tertiary/aromatic N) is 2. The van der Waals surface area contributed by atoms with Gasteiger partial charge >= 0.3 is 12.2 Å². The molecule has 8 heteroatoms. The molecule has 4 rings (SSSR count). The molecule has 1 aromatic heterocycles. The number of rotatable bonds is 8. The summed E-state index contributed by atoms with van der Waals surface area (Å²) in [5.41, 5.74) is 6.31. The fourth-order valence-corrected chi connectivity index (χ4v) is 4.70. The Balaban J connectivity index is 1.49. The first-order valence-electron chi connectivity index (χ1n) is 14.1. The molecule has 0 saturated carbocycles. The van der Waals surface area contributed by atoms with Gasteiger partial charge < -0.3 is 19.5 Å². The number of methoxy groups -OCH3 is 1. The Bertz CT molecular complexity index is 1580. The summed E-state index contributed by atoms with van der Waals surface area (Å²) in [6.07, 6.45) is 0.720. The molecule has 3 aromatic carbocycles. The molecule has 4 aromatic rings. The van der Waals surface area contributed by atoms with E-state index in [2.05, 4.69) is 10.3 Å². The zero-order valence-electron chi connectivity index (χ0n) is 25.9. The van der Waals surface area contributed by atoms with Crippen LogP contribution < -0.4 is 19.7 Å². The monoisotopic (exact) mass is 581 g/mol. The van der Waals surface area contributed by atoms with Crippen molar-refractivity contribution >= 4 is 17.9 Å². The molecular formula is C35H39N3O5. The highest BCUT2D eigenvalue weighted by Crippen LogP contribution is 2.30. The van der Waals surface area contributed by atoms with Crippen LogP contribution >= 0.6 is 0 Å². The largest absolute Gasteiger partial charge is 0.496 e. The zero-order valence-corrected chi connectivity index (χ0v) is 25.9. The molecule has 1 heterocycles. The minimum absolute atomic E-state index is 0.207. The lowest BCUT2D eigenvalue weighted by Crippen LogP contribution is -2.36. The molecule has 0 bridgehead atoms. The van der Waals surface area contributed by atoms with Crippen LogP contribution in [0.1, 0.15) is 48.7 Å². The number of pyridine rings is 1. The molecule has 0 fully saturated rings.